The maximum atomic E-state index is 14.3. The van der Waals surface area contributed by atoms with Gasteiger partial charge in [0.2, 0.25) is 0 Å². The van der Waals surface area contributed by atoms with Gasteiger partial charge in [-0.05, 0) is 65.9 Å². The Labute approximate surface area is 217 Å². The van der Waals surface area contributed by atoms with E-state index < -0.39 is 34.6 Å². The molecule has 12 heteroatoms. The Morgan fingerprint density at radius 3 is 2.46 bits per heavy atom. The Bertz CT molecular complexity index is 1180. The van der Waals surface area contributed by atoms with Crippen molar-refractivity contribution in [3.8, 4) is 10.4 Å². The standard InChI is InChI=1S/C25H32F3N5O3S/c1-14-7-5-10-33(14)22(36)18-19(37-21(30-18)20(35)32-24(13-34)8-6-9-24)15-12-29-17(31-23(2,3)4)11-16(15)25(26,27)28/h11-12,14,34H,5-10,13H2,1-4H3,(H,29,31)(H,32,35)/t14-/m0/s1. The Balaban J connectivity index is 1.81. The second-order valence-corrected chi connectivity index (χ2v) is 11.9. The highest BCUT2D eigenvalue weighted by Gasteiger charge is 2.41. The molecule has 2 aromatic heterocycles. The Kier molecular flexibility index (Phi) is 7.28. The van der Waals surface area contributed by atoms with Crippen LogP contribution in [0.2, 0.25) is 0 Å². The lowest BCUT2D eigenvalue weighted by molar-refractivity contribution is -0.137. The van der Waals surface area contributed by atoms with E-state index >= 15 is 0 Å². The predicted octanol–water partition coefficient (Wildman–Crippen LogP) is 4.70. The first kappa shape index (κ1) is 27.3. The van der Waals surface area contributed by atoms with Crippen LogP contribution in [0.1, 0.15) is 85.7 Å². The third kappa shape index (κ3) is 5.74. The predicted molar refractivity (Wildman–Crippen MR) is 135 cm³/mol. The minimum atomic E-state index is -4.74. The maximum Gasteiger partial charge on any atom is 0.417 e. The second-order valence-electron chi connectivity index (χ2n) is 10.9. The zero-order chi connectivity index (χ0) is 27.2. The van der Waals surface area contributed by atoms with Crippen molar-refractivity contribution in [3.63, 3.8) is 0 Å². The van der Waals surface area contributed by atoms with E-state index in [1.165, 1.54) is 0 Å². The number of alkyl halides is 3. The molecule has 2 aromatic rings. The number of nitrogens with zero attached hydrogens (tertiary/aromatic N) is 3. The number of aliphatic hydroxyl groups is 1. The lowest BCUT2D eigenvalue weighted by Gasteiger charge is -2.40. The summed E-state index contributed by atoms with van der Waals surface area (Å²) in [6, 6.07) is 0.826. The Morgan fingerprint density at radius 1 is 1.24 bits per heavy atom. The van der Waals surface area contributed by atoms with Crippen molar-refractivity contribution in [1.82, 2.24) is 20.2 Å². The number of carbonyl (C=O) groups excluding carboxylic acids is 2. The van der Waals surface area contributed by atoms with Crippen LogP contribution in [0.25, 0.3) is 10.4 Å². The molecule has 2 aliphatic rings. The summed E-state index contributed by atoms with van der Waals surface area (Å²) in [7, 11) is 0. The van der Waals surface area contributed by atoms with Gasteiger partial charge in [0.05, 0.1) is 22.6 Å². The van der Waals surface area contributed by atoms with Gasteiger partial charge in [-0.1, -0.05) is 0 Å². The van der Waals surface area contributed by atoms with Crippen molar-refractivity contribution < 1.29 is 27.9 Å². The number of pyridine rings is 1. The third-order valence-corrected chi connectivity index (χ3v) is 7.87. The van der Waals surface area contributed by atoms with Gasteiger partial charge in [-0.3, -0.25) is 9.59 Å². The summed E-state index contributed by atoms with van der Waals surface area (Å²) in [5.41, 5.74) is -2.77. The largest absolute Gasteiger partial charge is 0.417 e. The van der Waals surface area contributed by atoms with Crippen molar-refractivity contribution >= 4 is 29.0 Å². The first-order valence-corrected chi connectivity index (χ1v) is 13.2. The molecule has 1 saturated heterocycles. The smallest absolute Gasteiger partial charge is 0.394 e. The lowest BCUT2D eigenvalue weighted by Crippen LogP contribution is -2.56. The van der Waals surface area contributed by atoms with Gasteiger partial charge in [0.1, 0.15) is 11.5 Å². The molecular formula is C25H32F3N5O3S. The summed E-state index contributed by atoms with van der Waals surface area (Å²) in [5, 5.41) is 15.3. The fraction of sp³-hybridized carbons (Fsp3) is 0.600. The number of aliphatic hydroxyl groups excluding tert-OH is 1. The molecule has 1 aliphatic carbocycles. The van der Waals surface area contributed by atoms with Crippen LogP contribution in [0.5, 0.6) is 0 Å². The number of thiazole rings is 1. The fourth-order valence-corrected chi connectivity index (χ4v) is 5.64. The molecule has 1 saturated carbocycles. The number of nitrogens with one attached hydrogen (secondary N) is 2. The van der Waals surface area contributed by atoms with Crippen LogP contribution in [0, 0.1) is 0 Å². The summed E-state index contributed by atoms with van der Waals surface area (Å²) in [6.07, 6.45) is -0.0775. The van der Waals surface area contributed by atoms with Gasteiger partial charge in [0, 0.05) is 29.9 Å². The van der Waals surface area contributed by atoms with E-state index in [1.807, 2.05) is 6.92 Å². The fourth-order valence-electron chi connectivity index (χ4n) is 4.66. The summed E-state index contributed by atoms with van der Waals surface area (Å²) >= 11 is 0.731. The molecule has 0 unspecified atom stereocenters. The van der Waals surface area contributed by atoms with E-state index in [0.717, 1.165) is 42.9 Å². The number of aromatic nitrogens is 2. The van der Waals surface area contributed by atoms with Crippen molar-refractivity contribution in [3.05, 3.63) is 28.5 Å². The van der Waals surface area contributed by atoms with Gasteiger partial charge >= 0.3 is 6.18 Å². The van der Waals surface area contributed by atoms with Gasteiger partial charge in [-0.15, -0.1) is 11.3 Å². The molecule has 2 fully saturated rings. The van der Waals surface area contributed by atoms with Crippen molar-refractivity contribution in [1.29, 1.82) is 0 Å². The monoisotopic (exact) mass is 539 g/mol. The van der Waals surface area contributed by atoms with E-state index in [2.05, 4.69) is 20.6 Å². The average Bonchev–Trinajstić information content (AvgIpc) is 3.41. The first-order valence-electron chi connectivity index (χ1n) is 12.3. The summed E-state index contributed by atoms with van der Waals surface area (Å²) in [6.45, 7) is 7.50. The van der Waals surface area contributed by atoms with Gasteiger partial charge in [0.15, 0.2) is 5.01 Å². The minimum Gasteiger partial charge on any atom is -0.394 e. The van der Waals surface area contributed by atoms with E-state index in [0.29, 0.717) is 19.4 Å². The highest BCUT2D eigenvalue weighted by Crippen LogP contribution is 2.42. The molecular weight excluding hydrogens is 507 g/mol. The molecule has 202 valence electrons. The molecule has 1 atom stereocenters. The maximum absolute atomic E-state index is 14.3. The van der Waals surface area contributed by atoms with Crippen LogP contribution in [0.15, 0.2) is 12.3 Å². The van der Waals surface area contributed by atoms with Crippen LogP contribution in [0.4, 0.5) is 19.0 Å². The van der Waals surface area contributed by atoms with E-state index in [9.17, 15) is 27.9 Å². The van der Waals surface area contributed by atoms with Crippen LogP contribution < -0.4 is 10.6 Å². The van der Waals surface area contributed by atoms with Gasteiger partial charge < -0.3 is 20.6 Å². The molecule has 0 bridgehead atoms. The Morgan fingerprint density at radius 2 is 1.95 bits per heavy atom. The van der Waals surface area contributed by atoms with Gasteiger partial charge in [0.25, 0.3) is 11.8 Å². The number of anilines is 1. The average molecular weight is 540 g/mol. The van der Waals surface area contributed by atoms with E-state index in [4.69, 9.17) is 0 Å². The molecule has 37 heavy (non-hydrogen) atoms. The molecule has 3 N–H and O–H groups in total. The quantitative estimate of drug-likeness (QED) is 0.491. The number of amides is 2. The summed E-state index contributed by atoms with van der Waals surface area (Å²) in [5.74, 6) is -1.09. The van der Waals surface area contributed by atoms with Gasteiger partial charge in [-0.25, -0.2) is 9.97 Å². The molecule has 0 spiro atoms. The van der Waals surface area contributed by atoms with Crippen LogP contribution in [-0.4, -0.2) is 62.1 Å². The molecule has 3 heterocycles. The third-order valence-electron chi connectivity index (χ3n) is 6.79. The number of likely N-dealkylation sites (tertiary alicyclic amines) is 1. The normalized spacial score (nSPS) is 19.5. The van der Waals surface area contributed by atoms with E-state index in [1.54, 1.807) is 25.7 Å². The molecule has 0 aromatic carbocycles. The van der Waals surface area contributed by atoms with Crippen molar-refractivity contribution in [2.24, 2.45) is 0 Å². The van der Waals surface area contributed by atoms with Crippen LogP contribution in [0.3, 0.4) is 0 Å². The summed E-state index contributed by atoms with van der Waals surface area (Å²) in [4.78, 5) is 36.5. The van der Waals surface area contributed by atoms with Crippen LogP contribution in [-0.2, 0) is 6.18 Å². The van der Waals surface area contributed by atoms with Crippen LogP contribution >= 0.6 is 11.3 Å². The molecule has 8 nitrogen and oxygen atoms in total. The molecule has 1 aliphatic heterocycles. The van der Waals surface area contributed by atoms with E-state index in [-0.39, 0.29) is 39.6 Å². The second kappa shape index (κ2) is 9.86. The zero-order valence-corrected chi connectivity index (χ0v) is 22.1. The SMILES string of the molecule is C[C@H]1CCCN1C(=O)c1nc(C(=O)NC2(CO)CCC2)sc1-c1cnc(NC(C)(C)C)cc1C(F)(F)F. The minimum absolute atomic E-state index is 0.0435. The topological polar surface area (TPSA) is 107 Å². The van der Waals surface area contributed by atoms with Crippen molar-refractivity contribution in [2.45, 2.75) is 83.1 Å². The highest BCUT2D eigenvalue weighted by atomic mass is 32.1. The number of hydrogen-bond acceptors (Lipinski definition) is 7. The van der Waals surface area contributed by atoms with Gasteiger partial charge in [-0.2, -0.15) is 13.2 Å². The highest BCUT2D eigenvalue weighted by molar-refractivity contribution is 7.17. The van der Waals surface area contributed by atoms with Crippen molar-refractivity contribution in [2.75, 3.05) is 18.5 Å². The molecule has 4 rings (SSSR count). The Hall–Kier alpha value is -2.73. The summed E-state index contributed by atoms with van der Waals surface area (Å²) < 4.78 is 42.8. The number of hydrogen-bond donors (Lipinski definition) is 3. The zero-order valence-electron chi connectivity index (χ0n) is 21.3. The molecule has 0 radical (unpaired) electrons. The number of carbonyl (C=O) groups is 2. The number of rotatable bonds is 6. The lowest BCUT2D eigenvalue weighted by atomic mass is 9.77. The first-order chi connectivity index (χ1) is 17.2. The number of halogens is 3. The molecule has 2 amide bonds.